The molecule has 1 nitrogen and oxygen atoms in total. The molecule has 0 amide bonds. The van der Waals surface area contributed by atoms with Crippen LogP contribution in [0.2, 0.25) is 18.1 Å². The maximum atomic E-state index is 5.14. The van der Waals surface area contributed by atoms with E-state index in [1.54, 1.807) is 7.11 Å². The van der Waals surface area contributed by atoms with E-state index in [9.17, 15) is 0 Å². The normalized spacial score (nSPS) is 13.1. The Morgan fingerprint density at radius 2 is 1.75 bits per heavy atom. The van der Waals surface area contributed by atoms with Gasteiger partial charge in [-0.25, -0.2) is 0 Å². The fraction of sp³-hybridized carbons (Fsp3) is 0.778. The van der Waals surface area contributed by atoms with Crippen LogP contribution in [0.3, 0.4) is 0 Å². The molecule has 0 aromatic heterocycles. The van der Waals surface area contributed by atoms with Crippen molar-refractivity contribution in [2.24, 2.45) is 0 Å². The van der Waals surface area contributed by atoms with Gasteiger partial charge >= 0.3 is 0 Å². The number of rotatable bonds is 7. The number of methoxy groups -OCH3 is 1. The Bertz CT molecular complexity index is 350. The van der Waals surface area contributed by atoms with E-state index in [2.05, 4.69) is 58.3 Å². The third kappa shape index (κ3) is 7.92. The largest absolute Gasteiger partial charge is 0.385 e. The van der Waals surface area contributed by atoms with Gasteiger partial charge in [0.05, 0.1) is 0 Å². The maximum absolute atomic E-state index is 5.14. The number of hydrogen-bond donors (Lipinski definition) is 0. The summed E-state index contributed by atoms with van der Waals surface area (Å²) >= 11 is 0. The Labute approximate surface area is 128 Å². The quantitative estimate of drug-likeness (QED) is 0.338. The summed E-state index contributed by atoms with van der Waals surface area (Å²) in [4.78, 5) is 0. The third-order valence-electron chi connectivity index (χ3n) is 4.23. The van der Waals surface area contributed by atoms with Crippen LogP contribution < -0.4 is 0 Å². The van der Waals surface area contributed by atoms with Crippen molar-refractivity contribution in [3.63, 3.8) is 0 Å². The Kier molecular flexibility index (Phi) is 9.17. The molecular formula is C18H34OSi. The van der Waals surface area contributed by atoms with Crippen molar-refractivity contribution < 1.29 is 4.74 Å². The molecule has 0 fully saturated rings. The van der Waals surface area contributed by atoms with Gasteiger partial charge in [-0.3, -0.25) is 0 Å². The lowest BCUT2D eigenvalue weighted by Gasteiger charge is -2.31. The molecule has 0 bridgehead atoms. The summed E-state index contributed by atoms with van der Waals surface area (Å²) in [6, 6.07) is 0. The van der Waals surface area contributed by atoms with Crippen molar-refractivity contribution in [2.45, 2.75) is 77.9 Å². The second kappa shape index (κ2) is 9.42. The van der Waals surface area contributed by atoms with Gasteiger partial charge in [-0.2, -0.15) is 0 Å². The highest BCUT2D eigenvalue weighted by Crippen LogP contribution is 2.35. The molecule has 20 heavy (non-hydrogen) atoms. The van der Waals surface area contributed by atoms with Gasteiger partial charge in [0.15, 0.2) is 0 Å². The average Bonchev–Trinajstić information content (AvgIpc) is 2.34. The Balaban J connectivity index is 4.74. The highest BCUT2D eigenvalue weighted by atomic mass is 28.3. The lowest BCUT2D eigenvalue weighted by molar-refractivity contribution is 0.195. The molecule has 0 heterocycles. The smallest absolute Gasteiger partial charge is 0.138 e. The molecule has 116 valence electrons. The van der Waals surface area contributed by atoms with Gasteiger partial charge in [-0.1, -0.05) is 58.7 Å². The number of allylic oxidation sites excluding steroid dienone is 2. The molecule has 0 saturated carbocycles. The summed E-state index contributed by atoms with van der Waals surface area (Å²) in [6.07, 6.45) is 8.11. The van der Waals surface area contributed by atoms with Crippen LogP contribution in [-0.4, -0.2) is 21.8 Å². The standard InChI is InChI=1S/C18H34OSi/c1-8-9-12-17(13-10-15-19-5)14-11-16-20(6,7)18(2,3)4/h14H,8-10,12-13,15H2,1-7H3/b17-14-. The summed E-state index contributed by atoms with van der Waals surface area (Å²) in [5.41, 5.74) is 5.07. The predicted octanol–water partition coefficient (Wildman–Crippen LogP) is 5.58. The fourth-order valence-electron chi connectivity index (χ4n) is 1.62. The van der Waals surface area contributed by atoms with Crippen molar-refractivity contribution in [1.82, 2.24) is 0 Å². The number of ether oxygens (including phenoxy) is 1. The SMILES string of the molecule is CCCC/C(=C/C#C[Si](C)(C)C(C)(C)C)CCCOC. The van der Waals surface area contributed by atoms with Crippen molar-refractivity contribution in [2.75, 3.05) is 13.7 Å². The van der Waals surface area contributed by atoms with Crippen LogP contribution in [0.15, 0.2) is 11.6 Å². The lowest BCUT2D eigenvalue weighted by Crippen LogP contribution is -2.35. The number of unbranched alkanes of at least 4 members (excludes halogenated alkanes) is 1. The van der Waals surface area contributed by atoms with E-state index in [0.29, 0.717) is 5.04 Å². The molecule has 0 unspecified atom stereocenters. The summed E-state index contributed by atoms with van der Waals surface area (Å²) < 4.78 is 5.14. The van der Waals surface area contributed by atoms with Crippen LogP contribution in [0.5, 0.6) is 0 Å². The van der Waals surface area contributed by atoms with Crippen LogP contribution in [0.1, 0.15) is 59.8 Å². The second-order valence-corrected chi connectivity index (χ2v) is 12.1. The topological polar surface area (TPSA) is 9.23 Å². The van der Waals surface area contributed by atoms with Crippen molar-refractivity contribution >= 4 is 8.07 Å². The first kappa shape index (κ1) is 19.5. The van der Waals surface area contributed by atoms with Gasteiger partial charge in [0.25, 0.3) is 0 Å². The molecule has 0 rings (SSSR count). The second-order valence-electron chi connectivity index (χ2n) is 7.15. The number of hydrogen-bond acceptors (Lipinski definition) is 1. The van der Waals surface area contributed by atoms with Gasteiger partial charge in [-0.05, 0) is 36.8 Å². The first-order chi connectivity index (χ1) is 9.24. The molecule has 0 radical (unpaired) electrons. The van der Waals surface area contributed by atoms with Gasteiger partial charge in [0.2, 0.25) is 0 Å². The molecule has 0 aliphatic heterocycles. The van der Waals surface area contributed by atoms with E-state index in [4.69, 9.17) is 4.74 Å². The van der Waals surface area contributed by atoms with Gasteiger partial charge in [-0.15, -0.1) is 5.54 Å². The monoisotopic (exact) mass is 294 g/mol. The molecular weight excluding hydrogens is 260 g/mol. The highest BCUT2D eigenvalue weighted by molar-refractivity contribution is 6.87. The van der Waals surface area contributed by atoms with Gasteiger partial charge in [0.1, 0.15) is 8.07 Å². The Hall–Kier alpha value is -0.523. The molecule has 0 aliphatic carbocycles. The molecule has 0 spiro atoms. The van der Waals surface area contributed by atoms with Crippen molar-refractivity contribution in [1.29, 1.82) is 0 Å². The molecule has 0 atom stereocenters. The average molecular weight is 295 g/mol. The van der Waals surface area contributed by atoms with Crippen LogP contribution >= 0.6 is 0 Å². The van der Waals surface area contributed by atoms with Gasteiger partial charge < -0.3 is 4.74 Å². The zero-order chi connectivity index (χ0) is 15.6. The first-order valence-electron chi connectivity index (χ1n) is 7.94. The summed E-state index contributed by atoms with van der Waals surface area (Å²) in [5.74, 6) is 3.38. The third-order valence-corrected chi connectivity index (χ3v) is 8.75. The van der Waals surface area contributed by atoms with E-state index in [1.807, 2.05) is 0 Å². The van der Waals surface area contributed by atoms with Crippen LogP contribution in [0, 0.1) is 11.5 Å². The van der Waals surface area contributed by atoms with E-state index in [1.165, 1.54) is 24.8 Å². The molecule has 0 N–H and O–H groups in total. The van der Waals surface area contributed by atoms with E-state index >= 15 is 0 Å². The Morgan fingerprint density at radius 3 is 2.25 bits per heavy atom. The van der Waals surface area contributed by atoms with E-state index < -0.39 is 8.07 Å². The molecule has 0 saturated heterocycles. The molecule has 0 aliphatic rings. The Morgan fingerprint density at radius 1 is 1.15 bits per heavy atom. The maximum Gasteiger partial charge on any atom is 0.138 e. The van der Waals surface area contributed by atoms with Gasteiger partial charge in [0, 0.05) is 13.7 Å². The summed E-state index contributed by atoms with van der Waals surface area (Å²) in [7, 11) is 0.299. The van der Waals surface area contributed by atoms with Crippen LogP contribution in [-0.2, 0) is 4.74 Å². The summed E-state index contributed by atoms with van der Waals surface area (Å²) in [6.45, 7) is 14.8. The minimum Gasteiger partial charge on any atom is -0.385 e. The van der Waals surface area contributed by atoms with E-state index in [0.717, 1.165) is 19.4 Å². The minimum absolute atomic E-state index is 0.341. The molecule has 2 heteroatoms. The zero-order valence-corrected chi connectivity index (χ0v) is 15.7. The summed E-state index contributed by atoms with van der Waals surface area (Å²) in [5, 5.41) is 0.341. The molecule has 0 aromatic carbocycles. The predicted molar refractivity (Wildman–Crippen MR) is 93.7 cm³/mol. The molecule has 0 aromatic rings. The van der Waals surface area contributed by atoms with E-state index in [-0.39, 0.29) is 0 Å². The van der Waals surface area contributed by atoms with Crippen molar-refractivity contribution in [3.05, 3.63) is 11.6 Å². The van der Waals surface area contributed by atoms with Crippen LogP contribution in [0.25, 0.3) is 0 Å². The van der Waals surface area contributed by atoms with Crippen LogP contribution in [0.4, 0.5) is 0 Å². The minimum atomic E-state index is -1.47. The lowest BCUT2D eigenvalue weighted by atomic mass is 10.0. The highest BCUT2D eigenvalue weighted by Gasteiger charge is 2.33. The zero-order valence-electron chi connectivity index (χ0n) is 14.7. The fourth-order valence-corrected chi connectivity index (χ4v) is 2.43. The first-order valence-corrected chi connectivity index (χ1v) is 10.9. The van der Waals surface area contributed by atoms with Crippen molar-refractivity contribution in [3.8, 4) is 11.5 Å².